The van der Waals surface area contributed by atoms with Gasteiger partial charge < -0.3 is 75.9 Å². The monoisotopic (exact) mass is 396 g/mol. The molecular weight excluding hydrogens is 370 g/mol. The van der Waals surface area contributed by atoms with Gasteiger partial charge in [0.05, 0.1) is 0 Å². The third-order valence-electron chi connectivity index (χ3n) is 2.04. The molecule has 120 valence electrons. The van der Waals surface area contributed by atoms with E-state index in [1.165, 1.54) is 0 Å². The van der Waals surface area contributed by atoms with E-state index >= 15 is 0 Å². The Morgan fingerprint density at radius 1 is 0.667 bits per heavy atom. The molecule has 0 aliphatic carbocycles. The minimum atomic E-state index is 0. The molecule has 0 saturated heterocycles. The van der Waals surface area contributed by atoms with Crippen LogP contribution in [-0.2, 0) is 25.3 Å². The van der Waals surface area contributed by atoms with Crippen LogP contribution in [0.25, 0.3) is 0 Å². The summed E-state index contributed by atoms with van der Waals surface area (Å²) < 4.78 is 1.16. The summed E-state index contributed by atoms with van der Waals surface area (Å²) in [5.41, 5.74) is 0. The first-order valence-electron chi connectivity index (χ1n) is 5.36. The Morgan fingerprint density at radius 3 is 0.810 bits per heavy atom. The summed E-state index contributed by atoms with van der Waals surface area (Å²) >= 11 is 19.0. The topological polar surface area (TPSA) is 101 Å². The Hall–Kier alpha value is 2.10. The maximum absolute atomic E-state index is 4.76. The smallest absolute Gasteiger partial charge is 0.412 e. The molecule has 5 nitrogen and oxygen atoms in total. The van der Waals surface area contributed by atoms with Gasteiger partial charge in [-0.1, -0.05) is 8.64 Å². The predicted octanol–water partition coefficient (Wildman–Crippen LogP) is -6.15. The average molecular weight is 397 g/mol. The van der Waals surface area contributed by atoms with Crippen LogP contribution in [-0.4, -0.2) is 61.0 Å². The van der Waals surface area contributed by atoms with Crippen molar-refractivity contribution in [3.63, 3.8) is 0 Å². The van der Waals surface area contributed by atoms with Crippen molar-refractivity contribution in [3.8, 4) is 0 Å². The zero-order valence-electron chi connectivity index (χ0n) is 13.9. The normalized spacial score (nSPS) is 6.67. The number of nitrogens with zero attached hydrogens (tertiary/aromatic N) is 2. The number of rotatable bonds is 4. The van der Waals surface area contributed by atoms with Crippen LogP contribution >= 0.6 is 24.4 Å². The van der Waals surface area contributed by atoms with E-state index in [2.05, 4.69) is 0 Å². The van der Waals surface area contributed by atoms with Gasteiger partial charge in [0.15, 0.2) is 0 Å². The van der Waals surface area contributed by atoms with Gasteiger partial charge in [-0.25, -0.2) is 0 Å². The molecule has 0 aliphatic heterocycles. The summed E-state index contributed by atoms with van der Waals surface area (Å²) in [5, 5.41) is 0. The Balaban J connectivity index is -0.0000000302. The first-order valence-corrected chi connectivity index (χ1v) is 6.99. The Bertz CT molecular complexity index is 200. The first kappa shape index (κ1) is 43.5. The van der Waals surface area contributed by atoms with Crippen LogP contribution in [0.4, 0.5) is 0 Å². The van der Waals surface area contributed by atoms with Crippen molar-refractivity contribution in [1.82, 2.24) is 9.80 Å². The molecule has 0 aromatic rings. The quantitative estimate of drug-likeness (QED) is 0.266. The average Bonchev–Trinajstić information content (AvgIpc) is 2.21. The Kier molecular flexibility index (Phi) is 62.2. The van der Waals surface area contributed by atoms with Gasteiger partial charge in [-0.05, 0) is 27.7 Å². The second kappa shape index (κ2) is 30.0. The fourth-order valence-corrected chi connectivity index (χ4v) is 2.00. The fraction of sp³-hybridized carbons (Fsp3) is 0.800. The van der Waals surface area contributed by atoms with Gasteiger partial charge in [0.1, 0.15) is 0 Å². The molecule has 0 aliphatic rings. The first-order chi connectivity index (χ1) is 7.44. The van der Waals surface area contributed by atoms with Crippen LogP contribution in [0.3, 0.4) is 0 Å². The molecule has 0 bridgehead atoms. The van der Waals surface area contributed by atoms with Crippen LogP contribution in [0.1, 0.15) is 27.7 Å². The fourth-order valence-electron chi connectivity index (χ4n) is 0.964. The molecule has 0 aromatic carbocycles. The molecule has 0 amide bonds. The van der Waals surface area contributed by atoms with Crippen molar-refractivity contribution in [1.29, 1.82) is 0 Å². The molecule has 0 aromatic heterocycles. The third-order valence-corrected chi connectivity index (χ3v) is 3.08. The second-order valence-electron chi connectivity index (χ2n) is 2.88. The van der Waals surface area contributed by atoms with Gasteiger partial charge in [0.25, 0.3) is 0 Å². The van der Waals surface area contributed by atoms with Crippen LogP contribution < -0.4 is 59.1 Å². The molecule has 0 heterocycles. The molecule has 11 heteroatoms. The molecule has 0 atom stereocenters. The zero-order chi connectivity index (χ0) is 13.1. The predicted molar refractivity (Wildman–Crippen MR) is 96.6 cm³/mol. The van der Waals surface area contributed by atoms with Crippen LogP contribution in [0.5, 0.6) is 0 Å². The second-order valence-corrected chi connectivity index (χ2v) is 4.94. The van der Waals surface area contributed by atoms with E-state index in [0.717, 1.165) is 26.2 Å². The van der Waals surface area contributed by atoms with Crippen LogP contribution in [0.15, 0.2) is 0 Å². The molecule has 0 radical (unpaired) electrons. The van der Waals surface area contributed by atoms with Gasteiger partial charge in [-0.15, -0.1) is 0 Å². The van der Waals surface area contributed by atoms with E-state index in [1.807, 2.05) is 37.5 Å². The SMILES string of the molecule is CCN(CC)C(=S)[S-].CCN(CC)C(=S)[S-].O.O.O.[Na+].[Na+]. The van der Waals surface area contributed by atoms with E-state index in [1.54, 1.807) is 0 Å². The number of hydrogen-bond acceptors (Lipinski definition) is 4. The largest absolute Gasteiger partial charge is 1.00 e. The van der Waals surface area contributed by atoms with Gasteiger partial charge >= 0.3 is 59.1 Å². The number of thiocarbonyl (C=S) groups is 2. The minimum Gasteiger partial charge on any atom is -0.412 e. The molecular formula is C10H26N2Na2O3S4. The molecule has 0 unspecified atom stereocenters. The third kappa shape index (κ3) is 27.3. The maximum atomic E-state index is 4.76. The van der Waals surface area contributed by atoms with Gasteiger partial charge in [-0.2, -0.15) is 0 Å². The number of hydrogen-bond donors (Lipinski definition) is 0. The molecule has 0 spiro atoms. The summed E-state index contributed by atoms with van der Waals surface area (Å²) in [6.07, 6.45) is 0. The van der Waals surface area contributed by atoms with Crippen LogP contribution in [0.2, 0.25) is 0 Å². The molecule has 0 rings (SSSR count). The van der Waals surface area contributed by atoms with Crippen molar-refractivity contribution in [2.75, 3.05) is 26.2 Å². The summed E-state index contributed by atoms with van der Waals surface area (Å²) in [7, 11) is 0. The van der Waals surface area contributed by atoms with E-state index in [9.17, 15) is 0 Å². The molecule has 21 heavy (non-hydrogen) atoms. The van der Waals surface area contributed by atoms with Crippen molar-refractivity contribution in [2.45, 2.75) is 27.7 Å². The van der Waals surface area contributed by atoms with Gasteiger partial charge in [0.2, 0.25) is 0 Å². The molecule has 0 saturated carbocycles. The molecule has 6 N–H and O–H groups in total. The van der Waals surface area contributed by atoms with E-state index in [-0.39, 0.29) is 75.5 Å². The zero-order valence-corrected chi connectivity index (χ0v) is 21.1. The summed E-state index contributed by atoms with van der Waals surface area (Å²) in [5.74, 6) is 0. The Labute approximate surface area is 195 Å². The summed E-state index contributed by atoms with van der Waals surface area (Å²) in [4.78, 5) is 3.93. The van der Waals surface area contributed by atoms with Crippen molar-refractivity contribution >= 4 is 58.3 Å². The standard InChI is InChI=1S/2C5H11NS2.2Na.3H2O/c2*1-3-6(4-2)5(7)8;;;;;/h2*3-4H2,1-2H3,(H,7,8);;;3*1H2/q;;2*+1;;;/p-2. The van der Waals surface area contributed by atoms with Gasteiger partial charge in [0, 0.05) is 26.2 Å². The van der Waals surface area contributed by atoms with Crippen molar-refractivity contribution in [2.24, 2.45) is 0 Å². The maximum Gasteiger partial charge on any atom is 1.00 e. The summed E-state index contributed by atoms with van der Waals surface area (Å²) in [6, 6.07) is 0. The van der Waals surface area contributed by atoms with E-state index in [0.29, 0.717) is 8.64 Å². The summed E-state index contributed by atoms with van der Waals surface area (Å²) in [6.45, 7) is 11.9. The van der Waals surface area contributed by atoms with E-state index in [4.69, 9.17) is 49.7 Å². The van der Waals surface area contributed by atoms with E-state index < -0.39 is 0 Å². The van der Waals surface area contributed by atoms with Crippen molar-refractivity contribution < 1.29 is 75.5 Å². The van der Waals surface area contributed by atoms with Crippen molar-refractivity contribution in [3.05, 3.63) is 0 Å². The van der Waals surface area contributed by atoms with Gasteiger partial charge in [-0.3, -0.25) is 0 Å². The Morgan fingerprint density at radius 2 is 0.810 bits per heavy atom. The molecule has 0 fully saturated rings. The van der Waals surface area contributed by atoms with Crippen LogP contribution in [0, 0.1) is 0 Å². The minimum absolute atomic E-state index is 0.